The zero-order valence-corrected chi connectivity index (χ0v) is 33.3. The van der Waals surface area contributed by atoms with Crippen molar-refractivity contribution in [3.8, 4) is 11.3 Å². The lowest BCUT2D eigenvalue weighted by molar-refractivity contribution is -0.131. The highest BCUT2D eigenvalue weighted by atomic mass is 19.3. The number of rotatable bonds is 17. The molecule has 3 atom stereocenters. The van der Waals surface area contributed by atoms with Gasteiger partial charge in [-0.15, -0.1) is 0 Å². The molecule has 4 N–H and O–H groups in total. The Morgan fingerprint density at radius 1 is 0.807 bits per heavy atom. The van der Waals surface area contributed by atoms with E-state index in [0.29, 0.717) is 18.7 Å². The third kappa shape index (κ3) is 9.25. The summed E-state index contributed by atoms with van der Waals surface area (Å²) in [5.74, 6) is -2.30. The molecule has 2 amide bonds. The van der Waals surface area contributed by atoms with Gasteiger partial charge < -0.3 is 20.6 Å². The summed E-state index contributed by atoms with van der Waals surface area (Å²) < 4.78 is 53.5. The second kappa shape index (κ2) is 17.3. The summed E-state index contributed by atoms with van der Waals surface area (Å²) in [6.45, 7) is 3.34. The van der Waals surface area contributed by atoms with Gasteiger partial charge in [-0.3, -0.25) is 18.4 Å². The van der Waals surface area contributed by atoms with Gasteiger partial charge in [-0.1, -0.05) is 69.2 Å². The van der Waals surface area contributed by atoms with Crippen LogP contribution in [0.15, 0.2) is 54.9 Å². The lowest BCUT2D eigenvalue weighted by Crippen LogP contribution is -2.46. The van der Waals surface area contributed by atoms with Gasteiger partial charge in [-0.05, 0) is 98.2 Å². The maximum atomic E-state index is 13.8. The standard InChI is InChI=1S/C45H58F4N6O2/c1-43(19-5-20-43)37(54-41(56)33(7-3-25-46)8-4-26-47)39-50-27-35(52-39)31-13-9-29(10-14-31)30-11-15-32(16-12-30)36-28-51-40(53-36)38(44(2)21-6-22-44)55-42(57)34-17-23-45(48,49)24-18-34/h9-15,27-28,32-34,37-38H,3-8,16-26H2,1-2H3,(H,50,52)(H,51,53)(H,54,56)(H,55,57)/t32?,37?,38-/m1/s1. The van der Waals surface area contributed by atoms with Crippen LogP contribution in [0.2, 0.25) is 0 Å². The van der Waals surface area contributed by atoms with E-state index < -0.39 is 31.1 Å². The van der Waals surface area contributed by atoms with Gasteiger partial charge in [0.1, 0.15) is 11.6 Å². The van der Waals surface area contributed by atoms with Gasteiger partial charge in [0.05, 0.1) is 37.3 Å². The van der Waals surface area contributed by atoms with E-state index in [1.807, 2.05) is 6.20 Å². The summed E-state index contributed by atoms with van der Waals surface area (Å²) in [5, 5.41) is 6.45. The molecule has 2 aromatic heterocycles. The summed E-state index contributed by atoms with van der Waals surface area (Å²) in [4.78, 5) is 43.2. The third-order valence-electron chi connectivity index (χ3n) is 13.6. The van der Waals surface area contributed by atoms with Crippen LogP contribution < -0.4 is 10.6 Å². The highest BCUT2D eigenvalue weighted by Crippen LogP contribution is 2.51. The molecule has 0 aliphatic heterocycles. The largest absolute Gasteiger partial charge is 0.345 e. The van der Waals surface area contributed by atoms with Gasteiger partial charge in [-0.25, -0.2) is 18.7 Å². The quantitative estimate of drug-likeness (QED) is 0.102. The molecule has 2 unspecified atom stereocenters. The third-order valence-corrected chi connectivity index (χ3v) is 13.6. The predicted molar refractivity (Wildman–Crippen MR) is 214 cm³/mol. The number of benzene rings is 1. The fourth-order valence-electron chi connectivity index (χ4n) is 9.29. The molecule has 0 spiro atoms. The summed E-state index contributed by atoms with van der Waals surface area (Å²) in [6.07, 6.45) is 18.3. The van der Waals surface area contributed by atoms with E-state index in [2.05, 4.69) is 76.9 Å². The second-order valence-corrected chi connectivity index (χ2v) is 17.7. The van der Waals surface area contributed by atoms with Crippen LogP contribution in [-0.4, -0.2) is 51.0 Å². The predicted octanol–water partition coefficient (Wildman–Crippen LogP) is 10.6. The Balaban J connectivity index is 0.986. The molecule has 12 heteroatoms. The average Bonchev–Trinajstić information content (AvgIpc) is 3.88. The fraction of sp³-hybridized carbons (Fsp3) is 0.600. The number of aromatic nitrogens is 4. The molecule has 3 fully saturated rings. The molecule has 0 bridgehead atoms. The molecule has 0 saturated heterocycles. The van der Waals surface area contributed by atoms with Crippen LogP contribution in [0, 0.1) is 22.7 Å². The number of carbonyl (C=O) groups excluding carboxylic acids is 2. The molecule has 308 valence electrons. The zero-order chi connectivity index (χ0) is 40.2. The molecule has 3 aromatic rings. The number of carbonyl (C=O) groups is 2. The Kier molecular flexibility index (Phi) is 12.5. The number of halogens is 4. The Morgan fingerprint density at radius 3 is 1.95 bits per heavy atom. The Hall–Kier alpha value is -4.22. The Morgan fingerprint density at radius 2 is 1.39 bits per heavy atom. The van der Waals surface area contributed by atoms with Crippen molar-refractivity contribution in [1.82, 2.24) is 30.6 Å². The van der Waals surface area contributed by atoms with Crippen LogP contribution in [0.5, 0.6) is 0 Å². The minimum atomic E-state index is -2.67. The SMILES string of the molecule is CC1(C(NC(=O)C(CCCF)CCCF)c2ncc(-c3ccc(C4=CCC(c5cnc([C@@H](NC(=O)C6CCC(F)(F)CC6)C6(C)CCC6)[nH]5)C=C4)cc3)[nH]2)CCC1. The molecular weight excluding hydrogens is 733 g/mol. The van der Waals surface area contributed by atoms with E-state index in [9.17, 15) is 27.2 Å². The number of nitrogens with one attached hydrogen (secondary N) is 4. The van der Waals surface area contributed by atoms with Crippen molar-refractivity contribution >= 4 is 17.4 Å². The van der Waals surface area contributed by atoms with Crippen molar-refractivity contribution < 1.29 is 27.2 Å². The highest BCUT2D eigenvalue weighted by molar-refractivity contribution is 5.80. The van der Waals surface area contributed by atoms with E-state index in [0.717, 1.165) is 78.9 Å². The average molecular weight is 791 g/mol. The van der Waals surface area contributed by atoms with E-state index in [1.165, 1.54) is 0 Å². The smallest absolute Gasteiger partial charge is 0.248 e. The molecule has 4 aliphatic rings. The minimum Gasteiger partial charge on any atom is -0.345 e. The van der Waals surface area contributed by atoms with Gasteiger partial charge in [-0.2, -0.15) is 0 Å². The fourth-order valence-corrected chi connectivity index (χ4v) is 9.29. The van der Waals surface area contributed by atoms with Crippen molar-refractivity contribution in [3.05, 3.63) is 77.8 Å². The van der Waals surface area contributed by atoms with Crippen LogP contribution in [0.4, 0.5) is 17.6 Å². The maximum absolute atomic E-state index is 13.8. The number of aromatic amines is 2. The molecule has 1 aromatic carbocycles. The molecule has 3 saturated carbocycles. The first-order chi connectivity index (χ1) is 27.4. The van der Waals surface area contributed by atoms with Crippen molar-refractivity contribution in [1.29, 1.82) is 0 Å². The van der Waals surface area contributed by atoms with E-state index in [4.69, 9.17) is 9.97 Å². The number of H-pyrrole nitrogens is 2. The van der Waals surface area contributed by atoms with Crippen LogP contribution in [0.25, 0.3) is 16.8 Å². The van der Waals surface area contributed by atoms with Crippen LogP contribution in [0.1, 0.15) is 151 Å². The minimum absolute atomic E-state index is 0.0949. The first-order valence-corrected chi connectivity index (χ1v) is 21.1. The first kappa shape index (κ1) is 41.0. The number of hydrogen-bond donors (Lipinski definition) is 4. The van der Waals surface area contributed by atoms with E-state index in [1.54, 1.807) is 6.20 Å². The van der Waals surface area contributed by atoms with Gasteiger partial charge in [0.2, 0.25) is 17.7 Å². The second-order valence-electron chi connectivity index (χ2n) is 17.7. The molecular formula is C45H58F4N6O2. The lowest BCUT2D eigenvalue weighted by atomic mass is 9.65. The lowest BCUT2D eigenvalue weighted by Gasteiger charge is -2.45. The first-order valence-electron chi connectivity index (χ1n) is 21.1. The van der Waals surface area contributed by atoms with Gasteiger partial charge in [0.15, 0.2) is 0 Å². The van der Waals surface area contributed by atoms with E-state index >= 15 is 0 Å². The summed E-state index contributed by atoms with van der Waals surface area (Å²) >= 11 is 0. The molecule has 4 aliphatic carbocycles. The number of nitrogens with zero attached hydrogens (tertiary/aromatic N) is 2. The number of alkyl halides is 4. The number of amides is 2. The van der Waals surface area contributed by atoms with Gasteiger partial charge in [0.25, 0.3) is 0 Å². The highest BCUT2D eigenvalue weighted by Gasteiger charge is 2.46. The maximum Gasteiger partial charge on any atom is 0.248 e. The monoisotopic (exact) mass is 790 g/mol. The van der Waals surface area contributed by atoms with Crippen LogP contribution >= 0.6 is 0 Å². The zero-order valence-electron chi connectivity index (χ0n) is 33.3. The van der Waals surface area contributed by atoms with Gasteiger partial charge in [0, 0.05) is 42.5 Å². The van der Waals surface area contributed by atoms with Crippen molar-refractivity contribution in [2.24, 2.45) is 22.7 Å². The molecule has 7 rings (SSSR count). The number of imidazole rings is 2. The Bertz CT molecular complexity index is 1890. The van der Waals surface area contributed by atoms with Crippen molar-refractivity contribution in [3.63, 3.8) is 0 Å². The van der Waals surface area contributed by atoms with Crippen molar-refractivity contribution in [2.45, 2.75) is 134 Å². The number of allylic oxidation sites excluding steroid dienone is 4. The summed E-state index contributed by atoms with van der Waals surface area (Å²) in [6, 6.07) is 7.68. The topological polar surface area (TPSA) is 116 Å². The molecule has 8 nitrogen and oxygen atoms in total. The van der Waals surface area contributed by atoms with Crippen LogP contribution in [0.3, 0.4) is 0 Å². The summed E-state index contributed by atoms with van der Waals surface area (Å²) in [5.41, 5.74) is 4.70. The van der Waals surface area contributed by atoms with Crippen LogP contribution in [-0.2, 0) is 9.59 Å². The molecule has 0 radical (unpaired) electrons. The van der Waals surface area contributed by atoms with Crippen molar-refractivity contribution in [2.75, 3.05) is 13.3 Å². The summed E-state index contributed by atoms with van der Waals surface area (Å²) in [7, 11) is 0. The Labute approximate surface area is 333 Å². The van der Waals surface area contributed by atoms with Gasteiger partial charge >= 0.3 is 0 Å². The number of hydrogen-bond acceptors (Lipinski definition) is 4. The normalized spacial score (nSPS) is 22.2. The molecule has 57 heavy (non-hydrogen) atoms. The van der Waals surface area contributed by atoms with E-state index in [-0.39, 0.29) is 79.2 Å². The molecule has 2 heterocycles.